The first-order chi connectivity index (χ1) is 11.1. The molecule has 1 saturated heterocycles. The molecule has 0 bridgehead atoms. The van der Waals surface area contributed by atoms with E-state index in [2.05, 4.69) is 5.32 Å². The molecule has 0 spiro atoms. The number of halogens is 1. The highest BCUT2D eigenvalue weighted by Crippen LogP contribution is 2.20. The number of carbonyl (C=O) groups is 2. The molecule has 1 N–H and O–H groups in total. The summed E-state index contributed by atoms with van der Waals surface area (Å²) < 4.78 is 18.1. The summed E-state index contributed by atoms with van der Waals surface area (Å²) in [7, 11) is 0. The summed E-state index contributed by atoms with van der Waals surface area (Å²) in [4.78, 5) is 25.8. The van der Waals surface area contributed by atoms with Gasteiger partial charge in [-0.3, -0.25) is 9.59 Å². The minimum Gasteiger partial charge on any atom is -0.467 e. The maximum Gasteiger partial charge on any atom is 0.225 e. The highest BCUT2D eigenvalue weighted by molar-refractivity contribution is 5.89. The molecule has 1 aliphatic heterocycles. The van der Waals surface area contributed by atoms with Crippen molar-refractivity contribution in [3.63, 3.8) is 0 Å². The lowest BCUT2D eigenvalue weighted by Gasteiger charge is -2.15. The van der Waals surface area contributed by atoms with E-state index in [-0.39, 0.29) is 30.0 Å². The average molecular weight is 316 g/mol. The predicted molar refractivity (Wildman–Crippen MR) is 80.5 cm³/mol. The van der Waals surface area contributed by atoms with Crippen LogP contribution in [-0.4, -0.2) is 23.3 Å². The summed E-state index contributed by atoms with van der Waals surface area (Å²) in [5.41, 5.74) is 0.816. The van der Waals surface area contributed by atoms with Crippen molar-refractivity contribution in [2.75, 3.05) is 6.54 Å². The zero-order valence-corrected chi connectivity index (χ0v) is 12.5. The lowest BCUT2D eigenvalue weighted by atomic mass is 10.1. The SMILES string of the molecule is O=C(NCc1ccc(F)cc1)[C@H]1CC(=O)N(Cc2ccco2)C1. The molecule has 2 heterocycles. The summed E-state index contributed by atoms with van der Waals surface area (Å²) in [6, 6.07) is 9.52. The second-order valence-electron chi connectivity index (χ2n) is 5.60. The first-order valence-corrected chi connectivity index (χ1v) is 7.44. The summed E-state index contributed by atoms with van der Waals surface area (Å²) in [6.07, 6.45) is 1.76. The highest BCUT2D eigenvalue weighted by Gasteiger charge is 2.34. The first kappa shape index (κ1) is 15.3. The van der Waals surface area contributed by atoms with Gasteiger partial charge in [0.2, 0.25) is 11.8 Å². The van der Waals surface area contributed by atoms with Crippen LogP contribution in [0.2, 0.25) is 0 Å². The number of benzene rings is 1. The number of likely N-dealkylation sites (tertiary alicyclic amines) is 1. The van der Waals surface area contributed by atoms with Gasteiger partial charge in [0.05, 0.1) is 18.7 Å². The molecule has 6 heteroatoms. The minimum absolute atomic E-state index is 0.0525. The van der Waals surface area contributed by atoms with Gasteiger partial charge in [0, 0.05) is 19.5 Å². The van der Waals surface area contributed by atoms with Crippen molar-refractivity contribution in [3.8, 4) is 0 Å². The van der Waals surface area contributed by atoms with Gasteiger partial charge in [-0.05, 0) is 29.8 Å². The Kier molecular flexibility index (Phi) is 4.41. The molecule has 1 aromatic carbocycles. The van der Waals surface area contributed by atoms with Crippen LogP contribution in [0.4, 0.5) is 4.39 Å². The maximum atomic E-state index is 12.8. The molecule has 120 valence electrons. The Bertz CT molecular complexity index is 682. The monoisotopic (exact) mass is 316 g/mol. The third kappa shape index (κ3) is 3.77. The fourth-order valence-corrected chi connectivity index (χ4v) is 2.63. The number of amides is 2. The van der Waals surface area contributed by atoms with Gasteiger partial charge in [-0.1, -0.05) is 12.1 Å². The Balaban J connectivity index is 1.52. The minimum atomic E-state index is -0.363. The van der Waals surface area contributed by atoms with Crippen LogP contribution in [0.3, 0.4) is 0 Å². The van der Waals surface area contributed by atoms with Gasteiger partial charge in [0.1, 0.15) is 11.6 Å². The number of rotatable bonds is 5. The van der Waals surface area contributed by atoms with E-state index in [4.69, 9.17) is 4.42 Å². The van der Waals surface area contributed by atoms with Crippen LogP contribution in [0.15, 0.2) is 47.1 Å². The summed E-state index contributed by atoms with van der Waals surface area (Å²) in [5, 5.41) is 2.80. The van der Waals surface area contributed by atoms with Crippen LogP contribution < -0.4 is 5.32 Å². The van der Waals surface area contributed by atoms with Crippen LogP contribution >= 0.6 is 0 Å². The van der Waals surface area contributed by atoms with Crippen LogP contribution in [0.25, 0.3) is 0 Å². The molecule has 1 aromatic heterocycles. The molecular formula is C17H17FN2O3. The van der Waals surface area contributed by atoms with E-state index < -0.39 is 0 Å². The lowest BCUT2D eigenvalue weighted by Crippen LogP contribution is -2.32. The van der Waals surface area contributed by atoms with Crippen LogP contribution in [0.5, 0.6) is 0 Å². The Morgan fingerprint density at radius 3 is 2.78 bits per heavy atom. The third-order valence-corrected chi connectivity index (χ3v) is 3.89. The first-order valence-electron chi connectivity index (χ1n) is 7.44. The molecule has 1 fully saturated rings. The fourth-order valence-electron chi connectivity index (χ4n) is 2.63. The molecule has 3 rings (SSSR count). The Morgan fingerprint density at radius 2 is 2.09 bits per heavy atom. The van der Waals surface area contributed by atoms with Crippen molar-refractivity contribution in [2.45, 2.75) is 19.5 Å². The number of nitrogens with one attached hydrogen (secondary N) is 1. The van der Waals surface area contributed by atoms with E-state index >= 15 is 0 Å². The number of hydrogen-bond donors (Lipinski definition) is 1. The number of hydrogen-bond acceptors (Lipinski definition) is 3. The zero-order valence-electron chi connectivity index (χ0n) is 12.5. The van der Waals surface area contributed by atoms with E-state index in [1.807, 2.05) is 0 Å². The van der Waals surface area contributed by atoms with Gasteiger partial charge in [-0.2, -0.15) is 0 Å². The number of furan rings is 1. The molecule has 2 aromatic rings. The van der Waals surface area contributed by atoms with E-state index in [1.165, 1.54) is 12.1 Å². The van der Waals surface area contributed by atoms with Crippen molar-refractivity contribution >= 4 is 11.8 Å². The van der Waals surface area contributed by atoms with Gasteiger partial charge < -0.3 is 14.6 Å². The molecule has 0 aliphatic carbocycles. The highest BCUT2D eigenvalue weighted by atomic mass is 19.1. The van der Waals surface area contributed by atoms with E-state index in [0.717, 1.165) is 5.56 Å². The third-order valence-electron chi connectivity index (χ3n) is 3.89. The normalized spacial score (nSPS) is 17.5. The van der Waals surface area contributed by atoms with Gasteiger partial charge in [-0.25, -0.2) is 4.39 Å². The molecule has 2 amide bonds. The second-order valence-corrected chi connectivity index (χ2v) is 5.60. The van der Waals surface area contributed by atoms with E-state index in [0.29, 0.717) is 25.4 Å². The Labute approximate surface area is 133 Å². The van der Waals surface area contributed by atoms with Gasteiger partial charge >= 0.3 is 0 Å². The van der Waals surface area contributed by atoms with Crippen LogP contribution in [0.1, 0.15) is 17.7 Å². The topological polar surface area (TPSA) is 62.6 Å². The molecule has 0 saturated carbocycles. The molecule has 23 heavy (non-hydrogen) atoms. The summed E-state index contributed by atoms with van der Waals surface area (Å²) in [5.74, 6) is -0.188. The molecule has 5 nitrogen and oxygen atoms in total. The predicted octanol–water partition coefficient (Wildman–Crippen LogP) is 2.08. The quantitative estimate of drug-likeness (QED) is 0.918. The lowest BCUT2D eigenvalue weighted by molar-refractivity contribution is -0.129. The van der Waals surface area contributed by atoms with E-state index in [9.17, 15) is 14.0 Å². The Morgan fingerprint density at radius 1 is 1.30 bits per heavy atom. The maximum absolute atomic E-state index is 12.8. The Hall–Kier alpha value is -2.63. The molecule has 1 atom stereocenters. The van der Waals surface area contributed by atoms with E-state index in [1.54, 1.807) is 35.4 Å². The van der Waals surface area contributed by atoms with Crippen molar-refractivity contribution in [1.29, 1.82) is 0 Å². The number of carbonyl (C=O) groups excluding carboxylic acids is 2. The van der Waals surface area contributed by atoms with Crippen molar-refractivity contribution < 1.29 is 18.4 Å². The van der Waals surface area contributed by atoms with Gasteiger partial charge in [0.25, 0.3) is 0 Å². The van der Waals surface area contributed by atoms with Crippen molar-refractivity contribution in [2.24, 2.45) is 5.92 Å². The van der Waals surface area contributed by atoms with Crippen molar-refractivity contribution in [1.82, 2.24) is 10.2 Å². The summed E-state index contributed by atoms with van der Waals surface area (Å²) in [6.45, 7) is 1.09. The fraction of sp³-hybridized carbons (Fsp3) is 0.294. The van der Waals surface area contributed by atoms with Crippen LogP contribution in [-0.2, 0) is 22.7 Å². The second kappa shape index (κ2) is 6.64. The molecular weight excluding hydrogens is 299 g/mol. The van der Waals surface area contributed by atoms with Gasteiger partial charge in [-0.15, -0.1) is 0 Å². The number of nitrogens with zero attached hydrogens (tertiary/aromatic N) is 1. The molecule has 1 aliphatic rings. The van der Waals surface area contributed by atoms with Crippen molar-refractivity contribution in [3.05, 3.63) is 59.8 Å². The largest absolute Gasteiger partial charge is 0.467 e. The smallest absolute Gasteiger partial charge is 0.225 e. The van der Waals surface area contributed by atoms with Gasteiger partial charge in [0.15, 0.2) is 0 Å². The van der Waals surface area contributed by atoms with Crippen LogP contribution in [0, 0.1) is 11.7 Å². The molecule has 0 unspecified atom stereocenters. The molecule has 0 radical (unpaired) electrons. The standard InChI is InChI=1S/C17H17FN2O3/c18-14-5-3-12(4-6-14)9-19-17(22)13-8-16(21)20(10-13)11-15-2-1-7-23-15/h1-7,13H,8-11H2,(H,19,22)/t13-/m0/s1. The summed E-state index contributed by atoms with van der Waals surface area (Å²) >= 11 is 0. The average Bonchev–Trinajstić information content (AvgIpc) is 3.17. The zero-order chi connectivity index (χ0) is 16.2.